The largest absolute Gasteiger partial charge is 0.481 e. The number of nitrogens with two attached hydrogens (primary N) is 1. The summed E-state index contributed by atoms with van der Waals surface area (Å²) in [6.07, 6.45) is 2.65. The van der Waals surface area contributed by atoms with Gasteiger partial charge in [0.25, 0.3) is 0 Å². The van der Waals surface area contributed by atoms with Crippen LogP contribution in [0.1, 0.15) is 18.4 Å². The zero-order valence-corrected chi connectivity index (χ0v) is 13.0. The Hall–Kier alpha value is -1.91. The van der Waals surface area contributed by atoms with Gasteiger partial charge in [0.1, 0.15) is 0 Å². The molecule has 0 saturated carbocycles. The number of rotatable bonds is 9. The van der Waals surface area contributed by atoms with E-state index in [4.69, 9.17) is 10.8 Å². The molecule has 0 aromatic heterocycles. The van der Waals surface area contributed by atoms with Gasteiger partial charge in [0.05, 0.1) is 5.92 Å². The average Bonchev–Trinajstić information content (AvgIpc) is 2.44. The first-order valence-electron chi connectivity index (χ1n) is 6.84. The van der Waals surface area contributed by atoms with Gasteiger partial charge in [-0.15, -0.1) is 0 Å². The van der Waals surface area contributed by atoms with E-state index in [-0.39, 0.29) is 25.2 Å². The number of benzene rings is 1. The number of carbonyl (C=O) groups is 2. The highest BCUT2D eigenvalue weighted by molar-refractivity contribution is 7.58. The maximum atomic E-state index is 12.1. The van der Waals surface area contributed by atoms with Crippen molar-refractivity contribution in [2.45, 2.75) is 12.8 Å². The van der Waals surface area contributed by atoms with Gasteiger partial charge < -0.3 is 15.7 Å². The van der Waals surface area contributed by atoms with Crippen molar-refractivity contribution in [2.75, 3.05) is 12.3 Å². The fourth-order valence-corrected chi connectivity index (χ4v) is 3.56. The molecule has 0 aliphatic rings. The van der Waals surface area contributed by atoms with Crippen molar-refractivity contribution in [3.8, 4) is 0 Å². The normalized spacial score (nSPS) is 15.3. The molecule has 0 aliphatic heterocycles. The first kappa shape index (κ1) is 18.1. The fourth-order valence-electron chi connectivity index (χ4n) is 1.95. The Bertz CT molecular complexity index is 585. The maximum Gasteiger partial charge on any atom is 0.307 e. The Morgan fingerprint density at radius 3 is 2.45 bits per heavy atom. The van der Waals surface area contributed by atoms with Gasteiger partial charge in [0.15, 0.2) is 0 Å². The number of carboxylic acid groups (broad SMARTS) is 1. The molecule has 120 valence electrons. The maximum absolute atomic E-state index is 12.1. The van der Waals surface area contributed by atoms with Crippen LogP contribution in [-0.4, -0.2) is 34.2 Å². The lowest BCUT2D eigenvalue weighted by Crippen LogP contribution is -2.21. The number of carboxylic acids is 1. The molecule has 0 spiro atoms. The lowest BCUT2D eigenvalue weighted by molar-refractivity contribution is -0.141. The van der Waals surface area contributed by atoms with E-state index in [2.05, 4.69) is 0 Å². The lowest BCUT2D eigenvalue weighted by atomic mass is 10.1. The third-order valence-corrected chi connectivity index (χ3v) is 4.89. The zero-order valence-electron chi connectivity index (χ0n) is 12.1. The molecule has 2 unspecified atom stereocenters. The van der Waals surface area contributed by atoms with Crippen molar-refractivity contribution in [2.24, 2.45) is 11.7 Å². The number of primary amides is 1. The molecule has 1 aromatic rings. The SMILES string of the molecule is NC(=O)CCC(CP(=O)(O)C/C=C/c1ccccc1)C(=O)O. The second kappa shape index (κ2) is 8.51. The molecule has 0 aliphatic carbocycles. The minimum atomic E-state index is -3.62. The van der Waals surface area contributed by atoms with Crippen molar-refractivity contribution in [1.29, 1.82) is 0 Å². The summed E-state index contributed by atoms with van der Waals surface area (Å²) < 4.78 is 12.1. The summed E-state index contributed by atoms with van der Waals surface area (Å²) in [4.78, 5) is 31.7. The minimum Gasteiger partial charge on any atom is -0.481 e. The smallest absolute Gasteiger partial charge is 0.307 e. The highest BCUT2D eigenvalue weighted by Crippen LogP contribution is 2.43. The number of amides is 1. The van der Waals surface area contributed by atoms with Crippen LogP contribution >= 0.6 is 7.37 Å². The van der Waals surface area contributed by atoms with Crippen LogP contribution in [0.4, 0.5) is 0 Å². The van der Waals surface area contributed by atoms with Crippen LogP contribution in [-0.2, 0) is 14.2 Å². The zero-order chi connectivity index (χ0) is 16.6. The number of hydrogen-bond donors (Lipinski definition) is 3. The van der Waals surface area contributed by atoms with E-state index in [0.29, 0.717) is 0 Å². The van der Waals surface area contributed by atoms with Crippen LogP contribution in [0.2, 0.25) is 0 Å². The van der Waals surface area contributed by atoms with Crippen LogP contribution in [0, 0.1) is 5.92 Å². The topological polar surface area (TPSA) is 118 Å². The van der Waals surface area contributed by atoms with Gasteiger partial charge in [0.2, 0.25) is 13.3 Å². The average molecular weight is 325 g/mol. The van der Waals surface area contributed by atoms with E-state index < -0.39 is 25.2 Å². The summed E-state index contributed by atoms with van der Waals surface area (Å²) in [5, 5.41) is 9.05. The van der Waals surface area contributed by atoms with E-state index in [9.17, 15) is 19.0 Å². The Balaban J connectivity index is 2.60. The van der Waals surface area contributed by atoms with Gasteiger partial charge in [-0.25, -0.2) is 0 Å². The fraction of sp³-hybridized carbons (Fsp3) is 0.333. The number of aliphatic carboxylic acids is 1. The molecular formula is C15H20NO5P. The summed E-state index contributed by atoms with van der Waals surface area (Å²) in [6, 6.07) is 9.27. The molecule has 1 amide bonds. The number of hydrogen-bond acceptors (Lipinski definition) is 3. The predicted molar refractivity (Wildman–Crippen MR) is 84.6 cm³/mol. The molecular weight excluding hydrogens is 305 g/mol. The number of carbonyl (C=O) groups excluding carboxylic acids is 1. The molecule has 1 rings (SSSR count). The summed E-state index contributed by atoms with van der Waals surface area (Å²) in [5.74, 6) is -2.86. The van der Waals surface area contributed by atoms with E-state index in [1.54, 1.807) is 12.2 Å². The van der Waals surface area contributed by atoms with Crippen molar-refractivity contribution >= 4 is 25.3 Å². The summed E-state index contributed by atoms with van der Waals surface area (Å²) in [5.41, 5.74) is 5.87. The molecule has 2 atom stereocenters. The molecule has 0 radical (unpaired) electrons. The first-order chi connectivity index (χ1) is 10.3. The van der Waals surface area contributed by atoms with Gasteiger partial charge in [-0.05, 0) is 12.0 Å². The number of allylic oxidation sites excluding steroid dienone is 1. The Labute approximate surface area is 129 Å². The molecule has 1 aromatic carbocycles. The van der Waals surface area contributed by atoms with Crippen LogP contribution in [0.3, 0.4) is 0 Å². The van der Waals surface area contributed by atoms with Crippen molar-refractivity contribution < 1.29 is 24.2 Å². The van der Waals surface area contributed by atoms with Crippen LogP contribution in [0.25, 0.3) is 6.08 Å². The Morgan fingerprint density at radius 1 is 1.27 bits per heavy atom. The Morgan fingerprint density at radius 2 is 1.91 bits per heavy atom. The molecule has 0 fully saturated rings. The Kier molecular flexibility index (Phi) is 7.02. The predicted octanol–water partition coefficient (Wildman–Crippen LogP) is 1.94. The molecule has 7 heteroatoms. The quantitative estimate of drug-likeness (QED) is 0.600. The minimum absolute atomic E-state index is 0.0301. The summed E-state index contributed by atoms with van der Waals surface area (Å²) in [6.45, 7) is 0. The third-order valence-electron chi connectivity index (χ3n) is 3.09. The van der Waals surface area contributed by atoms with Gasteiger partial charge in [-0.3, -0.25) is 14.2 Å². The standard InChI is InChI=1S/C15H20NO5P/c16-14(17)9-8-13(15(18)19)11-22(20,21)10-4-7-12-5-2-1-3-6-12/h1-7,13H,8-11H2,(H2,16,17)(H,18,19)(H,20,21)/b7-4+. The molecule has 6 nitrogen and oxygen atoms in total. The van der Waals surface area contributed by atoms with Gasteiger partial charge >= 0.3 is 5.97 Å². The van der Waals surface area contributed by atoms with Gasteiger partial charge in [-0.2, -0.15) is 0 Å². The van der Waals surface area contributed by atoms with Crippen LogP contribution in [0.5, 0.6) is 0 Å². The lowest BCUT2D eigenvalue weighted by Gasteiger charge is -2.15. The van der Waals surface area contributed by atoms with Crippen molar-refractivity contribution in [3.05, 3.63) is 42.0 Å². The van der Waals surface area contributed by atoms with Gasteiger partial charge in [0, 0.05) is 18.7 Å². The van der Waals surface area contributed by atoms with Gasteiger partial charge in [-0.1, -0.05) is 42.5 Å². The first-order valence-corrected chi connectivity index (χ1v) is 8.87. The molecule has 0 heterocycles. The van der Waals surface area contributed by atoms with Crippen LogP contribution in [0.15, 0.2) is 36.4 Å². The second-order valence-corrected chi connectivity index (χ2v) is 7.49. The molecule has 4 N–H and O–H groups in total. The van der Waals surface area contributed by atoms with Crippen molar-refractivity contribution in [3.63, 3.8) is 0 Å². The molecule has 0 bridgehead atoms. The molecule has 22 heavy (non-hydrogen) atoms. The third kappa shape index (κ3) is 7.20. The van der Waals surface area contributed by atoms with E-state index >= 15 is 0 Å². The van der Waals surface area contributed by atoms with Crippen LogP contribution < -0.4 is 5.73 Å². The second-order valence-electron chi connectivity index (χ2n) is 5.06. The van der Waals surface area contributed by atoms with E-state index in [0.717, 1.165) is 5.56 Å². The molecule has 0 saturated heterocycles. The summed E-state index contributed by atoms with van der Waals surface area (Å²) in [7, 11) is -3.62. The van der Waals surface area contributed by atoms with Crippen molar-refractivity contribution in [1.82, 2.24) is 0 Å². The van der Waals surface area contributed by atoms with E-state index in [1.165, 1.54) is 0 Å². The highest BCUT2D eigenvalue weighted by Gasteiger charge is 2.28. The highest BCUT2D eigenvalue weighted by atomic mass is 31.2. The summed E-state index contributed by atoms with van der Waals surface area (Å²) >= 11 is 0. The van der Waals surface area contributed by atoms with E-state index in [1.807, 2.05) is 30.3 Å². The monoisotopic (exact) mass is 325 g/mol.